The van der Waals surface area contributed by atoms with E-state index in [1.807, 2.05) is 6.92 Å². The Kier molecular flexibility index (Phi) is 6.75. The summed E-state index contributed by atoms with van der Waals surface area (Å²) in [7, 11) is 0. The zero-order valence-corrected chi connectivity index (χ0v) is 12.2. The lowest BCUT2D eigenvalue weighted by molar-refractivity contribution is -0.139. The van der Waals surface area contributed by atoms with Gasteiger partial charge in [0.1, 0.15) is 5.75 Å². The monoisotopic (exact) mass is 301 g/mol. The summed E-state index contributed by atoms with van der Waals surface area (Å²) in [5, 5.41) is 0. The first-order valence-corrected chi connectivity index (χ1v) is 7.07. The van der Waals surface area contributed by atoms with Crippen LogP contribution >= 0.6 is 0 Å². The number of hydrogen-bond acceptors (Lipinski definition) is 2. The van der Waals surface area contributed by atoms with Crippen LogP contribution in [0.4, 0.5) is 13.2 Å². The molecule has 0 heterocycles. The summed E-state index contributed by atoms with van der Waals surface area (Å²) >= 11 is 0. The third-order valence-corrected chi connectivity index (χ3v) is 3.18. The van der Waals surface area contributed by atoms with Crippen molar-refractivity contribution < 1.29 is 17.9 Å². The van der Waals surface area contributed by atoms with Gasteiger partial charge in [-0.05, 0) is 43.4 Å². The standard InChI is InChI=1S/C16H22F3NO/c1-3-5-6-9-21-15-8-7-12(10-13(20)4-2)11-14(15)16(17,18)19/h3,7-8,11,13H,1,4-6,9-10,20H2,2H3. The second kappa shape index (κ2) is 8.08. The highest BCUT2D eigenvalue weighted by Crippen LogP contribution is 2.37. The summed E-state index contributed by atoms with van der Waals surface area (Å²) in [6, 6.07) is 4.03. The predicted octanol–water partition coefficient (Wildman–Crippen LogP) is 4.33. The Morgan fingerprint density at radius 1 is 1.38 bits per heavy atom. The maximum atomic E-state index is 13.1. The second-order valence-electron chi connectivity index (χ2n) is 4.98. The van der Waals surface area contributed by atoms with E-state index in [1.165, 1.54) is 6.07 Å². The molecular weight excluding hydrogens is 279 g/mol. The zero-order valence-electron chi connectivity index (χ0n) is 12.2. The third kappa shape index (κ3) is 5.79. The van der Waals surface area contributed by atoms with Crippen molar-refractivity contribution in [2.75, 3.05) is 6.61 Å². The summed E-state index contributed by atoms with van der Waals surface area (Å²) < 4.78 is 44.5. The van der Waals surface area contributed by atoms with E-state index < -0.39 is 11.7 Å². The van der Waals surface area contributed by atoms with Crippen LogP contribution in [0.25, 0.3) is 0 Å². The Morgan fingerprint density at radius 3 is 2.67 bits per heavy atom. The van der Waals surface area contributed by atoms with Crippen molar-refractivity contribution in [3.05, 3.63) is 42.0 Å². The molecule has 0 radical (unpaired) electrons. The Bertz CT molecular complexity index is 457. The average Bonchev–Trinajstić information content (AvgIpc) is 2.43. The molecule has 1 unspecified atom stereocenters. The van der Waals surface area contributed by atoms with Crippen LogP contribution in [0.15, 0.2) is 30.9 Å². The first-order valence-electron chi connectivity index (χ1n) is 7.07. The topological polar surface area (TPSA) is 35.2 Å². The van der Waals surface area contributed by atoms with Crippen molar-refractivity contribution in [1.29, 1.82) is 0 Å². The number of nitrogens with two attached hydrogens (primary N) is 1. The zero-order chi connectivity index (χ0) is 15.9. The molecule has 0 aliphatic carbocycles. The minimum absolute atomic E-state index is 0.125. The minimum Gasteiger partial charge on any atom is -0.493 e. The van der Waals surface area contributed by atoms with Crippen molar-refractivity contribution in [2.45, 2.75) is 44.8 Å². The maximum absolute atomic E-state index is 13.1. The van der Waals surface area contributed by atoms with Crippen molar-refractivity contribution in [1.82, 2.24) is 0 Å². The van der Waals surface area contributed by atoms with Gasteiger partial charge in [-0.2, -0.15) is 13.2 Å². The Labute approximate surface area is 123 Å². The molecule has 2 N–H and O–H groups in total. The number of benzene rings is 1. The lowest BCUT2D eigenvalue weighted by atomic mass is 10.0. The molecule has 0 aliphatic rings. The normalized spacial score (nSPS) is 13.0. The molecule has 0 aromatic heterocycles. The summed E-state index contributed by atoms with van der Waals surface area (Å²) in [5.74, 6) is -0.125. The van der Waals surface area contributed by atoms with E-state index in [-0.39, 0.29) is 18.4 Å². The van der Waals surface area contributed by atoms with Gasteiger partial charge < -0.3 is 10.5 Å². The van der Waals surface area contributed by atoms with Crippen LogP contribution in [0.1, 0.15) is 37.3 Å². The van der Waals surface area contributed by atoms with Crippen LogP contribution in [0.2, 0.25) is 0 Å². The Balaban J connectivity index is 2.89. The number of ether oxygens (including phenoxy) is 1. The van der Waals surface area contributed by atoms with Gasteiger partial charge in [-0.15, -0.1) is 6.58 Å². The molecule has 1 aromatic rings. The molecule has 118 valence electrons. The number of rotatable bonds is 8. The number of allylic oxidation sites excluding steroid dienone is 1. The van der Waals surface area contributed by atoms with E-state index in [1.54, 1.807) is 12.1 Å². The second-order valence-corrected chi connectivity index (χ2v) is 4.98. The molecule has 5 heteroatoms. The van der Waals surface area contributed by atoms with Gasteiger partial charge in [0.2, 0.25) is 0 Å². The van der Waals surface area contributed by atoms with Gasteiger partial charge in [-0.3, -0.25) is 0 Å². The van der Waals surface area contributed by atoms with Gasteiger partial charge in [0.15, 0.2) is 0 Å². The minimum atomic E-state index is -4.43. The smallest absolute Gasteiger partial charge is 0.419 e. The van der Waals surface area contributed by atoms with Gasteiger partial charge in [-0.25, -0.2) is 0 Å². The van der Waals surface area contributed by atoms with Gasteiger partial charge in [-0.1, -0.05) is 19.1 Å². The van der Waals surface area contributed by atoms with E-state index in [4.69, 9.17) is 10.5 Å². The molecular formula is C16H22F3NO. The van der Waals surface area contributed by atoms with E-state index in [0.717, 1.165) is 12.5 Å². The predicted molar refractivity (Wildman–Crippen MR) is 78.3 cm³/mol. The van der Waals surface area contributed by atoms with Crippen LogP contribution in [-0.4, -0.2) is 12.6 Å². The van der Waals surface area contributed by atoms with Gasteiger partial charge in [0.05, 0.1) is 12.2 Å². The number of alkyl halides is 3. The third-order valence-electron chi connectivity index (χ3n) is 3.18. The summed E-state index contributed by atoms with van der Waals surface area (Å²) in [6.07, 6.45) is -0.213. The molecule has 0 spiro atoms. The average molecular weight is 301 g/mol. The van der Waals surface area contributed by atoms with Crippen molar-refractivity contribution in [2.24, 2.45) is 5.73 Å². The lowest BCUT2D eigenvalue weighted by Gasteiger charge is -2.16. The van der Waals surface area contributed by atoms with Crippen LogP contribution in [0, 0.1) is 0 Å². The van der Waals surface area contributed by atoms with E-state index >= 15 is 0 Å². The fourth-order valence-corrected chi connectivity index (χ4v) is 1.91. The number of unbranched alkanes of at least 4 members (excludes halogenated alkanes) is 1. The molecule has 0 bridgehead atoms. The highest BCUT2D eigenvalue weighted by Gasteiger charge is 2.34. The largest absolute Gasteiger partial charge is 0.493 e. The highest BCUT2D eigenvalue weighted by molar-refractivity contribution is 5.39. The van der Waals surface area contributed by atoms with Crippen molar-refractivity contribution >= 4 is 0 Å². The molecule has 0 amide bonds. The van der Waals surface area contributed by atoms with Crippen LogP contribution in [0.5, 0.6) is 5.75 Å². The molecule has 1 atom stereocenters. The highest BCUT2D eigenvalue weighted by atomic mass is 19.4. The summed E-state index contributed by atoms with van der Waals surface area (Å²) in [6.45, 7) is 5.71. The summed E-state index contributed by atoms with van der Waals surface area (Å²) in [5.41, 5.74) is 5.64. The molecule has 0 saturated carbocycles. The number of halogens is 3. The maximum Gasteiger partial charge on any atom is 0.419 e. The molecule has 21 heavy (non-hydrogen) atoms. The van der Waals surface area contributed by atoms with E-state index in [0.29, 0.717) is 24.8 Å². The van der Waals surface area contributed by atoms with E-state index in [9.17, 15) is 13.2 Å². The molecule has 2 nitrogen and oxygen atoms in total. The first kappa shape index (κ1) is 17.6. The van der Waals surface area contributed by atoms with Crippen LogP contribution in [-0.2, 0) is 12.6 Å². The number of hydrogen-bond donors (Lipinski definition) is 1. The van der Waals surface area contributed by atoms with E-state index in [2.05, 4.69) is 6.58 Å². The van der Waals surface area contributed by atoms with Crippen molar-refractivity contribution in [3.63, 3.8) is 0 Å². The van der Waals surface area contributed by atoms with Gasteiger partial charge in [0, 0.05) is 6.04 Å². The fraction of sp³-hybridized carbons (Fsp3) is 0.500. The Morgan fingerprint density at radius 2 is 2.10 bits per heavy atom. The Hall–Kier alpha value is -1.49. The molecule has 0 fully saturated rings. The molecule has 1 rings (SSSR count). The quantitative estimate of drug-likeness (QED) is 0.573. The SMILES string of the molecule is C=CCCCOc1ccc(CC(N)CC)cc1C(F)(F)F. The van der Waals surface area contributed by atoms with Crippen molar-refractivity contribution in [3.8, 4) is 5.75 Å². The van der Waals surface area contributed by atoms with Crippen LogP contribution < -0.4 is 10.5 Å². The van der Waals surface area contributed by atoms with Gasteiger partial charge in [0.25, 0.3) is 0 Å². The lowest BCUT2D eigenvalue weighted by Crippen LogP contribution is -2.21. The molecule has 0 saturated heterocycles. The van der Waals surface area contributed by atoms with Crippen LogP contribution in [0.3, 0.4) is 0 Å². The van der Waals surface area contributed by atoms with Gasteiger partial charge >= 0.3 is 6.18 Å². The fourth-order valence-electron chi connectivity index (χ4n) is 1.91. The summed E-state index contributed by atoms with van der Waals surface area (Å²) in [4.78, 5) is 0. The molecule has 1 aromatic carbocycles. The molecule has 0 aliphatic heterocycles. The first-order chi connectivity index (χ1) is 9.88.